The summed E-state index contributed by atoms with van der Waals surface area (Å²) in [5.41, 5.74) is -2.60. The Morgan fingerprint density at radius 3 is 2.61 bits per heavy atom. The molecule has 5 rings (SSSR count). The van der Waals surface area contributed by atoms with E-state index in [-0.39, 0.29) is 11.2 Å². The molecule has 0 radical (unpaired) electrons. The van der Waals surface area contributed by atoms with Crippen molar-refractivity contribution in [3.63, 3.8) is 0 Å². The standard InChI is InChI=1S/C21H18F3N3O4/c22-11-3-14(23)12(15(24)4-11)6-25-19(30)13-8-26-9-21-2-1-10(5-21)7-27(21)20(31)16(26)18(29)17(13)28/h3-4,8,10,29H,1-2,5-7,9H2,(H,25,30)/t10-,21-/m0/s1. The average Bonchev–Trinajstić information content (AvgIpc) is 3.27. The highest BCUT2D eigenvalue weighted by Crippen LogP contribution is 2.50. The van der Waals surface area contributed by atoms with Crippen LogP contribution in [0.2, 0.25) is 0 Å². The number of halogens is 3. The van der Waals surface area contributed by atoms with Gasteiger partial charge >= 0.3 is 0 Å². The van der Waals surface area contributed by atoms with Crippen LogP contribution in [0.4, 0.5) is 13.2 Å². The van der Waals surface area contributed by atoms with Crippen LogP contribution in [0, 0.1) is 23.4 Å². The first-order valence-corrected chi connectivity index (χ1v) is 9.90. The van der Waals surface area contributed by atoms with Gasteiger partial charge in [0.1, 0.15) is 23.0 Å². The lowest BCUT2D eigenvalue weighted by atomic mass is 9.93. The third-order valence-electron chi connectivity index (χ3n) is 6.64. The number of hydrogen-bond acceptors (Lipinski definition) is 4. The Morgan fingerprint density at radius 2 is 1.94 bits per heavy atom. The Labute approximate surface area is 174 Å². The highest BCUT2D eigenvalue weighted by atomic mass is 19.1. The first-order valence-electron chi connectivity index (χ1n) is 9.90. The van der Waals surface area contributed by atoms with Crippen LogP contribution in [0.5, 0.6) is 5.75 Å². The smallest absolute Gasteiger partial charge is 0.275 e. The lowest BCUT2D eigenvalue weighted by Gasteiger charge is -2.44. The van der Waals surface area contributed by atoms with Gasteiger partial charge in [-0.3, -0.25) is 14.4 Å². The molecule has 2 atom stereocenters. The summed E-state index contributed by atoms with van der Waals surface area (Å²) in [6, 6.07) is 0.967. The van der Waals surface area contributed by atoms with Gasteiger partial charge in [-0.25, -0.2) is 13.2 Å². The van der Waals surface area contributed by atoms with Crippen molar-refractivity contribution in [2.45, 2.75) is 37.9 Å². The van der Waals surface area contributed by atoms with Crippen molar-refractivity contribution in [1.29, 1.82) is 0 Å². The minimum Gasteiger partial charge on any atom is -0.503 e. The van der Waals surface area contributed by atoms with Crippen LogP contribution >= 0.6 is 0 Å². The van der Waals surface area contributed by atoms with Crippen LogP contribution in [0.3, 0.4) is 0 Å². The molecule has 1 spiro atoms. The number of amides is 2. The third kappa shape index (κ3) is 2.84. The molecule has 1 aromatic heterocycles. The minimum absolute atomic E-state index is 0.157. The normalized spacial score (nSPS) is 23.6. The van der Waals surface area contributed by atoms with E-state index in [9.17, 15) is 32.7 Å². The maximum atomic E-state index is 13.8. The quantitative estimate of drug-likeness (QED) is 0.774. The molecular weight excluding hydrogens is 415 g/mol. The van der Waals surface area contributed by atoms with Crippen molar-refractivity contribution in [1.82, 2.24) is 14.8 Å². The van der Waals surface area contributed by atoms with Gasteiger partial charge in [-0.1, -0.05) is 0 Å². The highest BCUT2D eigenvalue weighted by molar-refractivity contribution is 5.99. The van der Waals surface area contributed by atoms with Crippen molar-refractivity contribution in [3.05, 3.63) is 62.8 Å². The van der Waals surface area contributed by atoms with Crippen LogP contribution in [0.1, 0.15) is 45.7 Å². The molecule has 2 fully saturated rings. The molecule has 3 heterocycles. The fourth-order valence-corrected chi connectivity index (χ4v) is 5.20. The maximum Gasteiger partial charge on any atom is 0.275 e. The van der Waals surface area contributed by atoms with Gasteiger partial charge in [0.2, 0.25) is 5.43 Å². The Morgan fingerprint density at radius 1 is 1.23 bits per heavy atom. The molecule has 2 N–H and O–H groups in total. The van der Waals surface area contributed by atoms with E-state index in [1.807, 2.05) is 0 Å². The number of carbonyl (C=O) groups excluding carboxylic acids is 2. The monoisotopic (exact) mass is 433 g/mol. The Balaban J connectivity index is 1.46. The number of carbonyl (C=O) groups is 2. The van der Waals surface area contributed by atoms with E-state index in [2.05, 4.69) is 5.32 Å². The van der Waals surface area contributed by atoms with E-state index >= 15 is 0 Å². The Kier molecular flexibility index (Phi) is 4.18. The predicted molar refractivity (Wildman–Crippen MR) is 101 cm³/mol. The molecule has 2 aliphatic heterocycles. The number of aromatic nitrogens is 1. The van der Waals surface area contributed by atoms with Crippen molar-refractivity contribution in [3.8, 4) is 5.75 Å². The number of fused-ring (bicyclic) bond motifs is 2. The van der Waals surface area contributed by atoms with Crippen molar-refractivity contribution in [2.75, 3.05) is 6.54 Å². The molecule has 1 aliphatic carbocycles. The fourth-order valence-electron chi connectivity index (χ4n) is 5.20. The first-order chi connectivity index (χ1) is 14.7. The number of benzene rings is 1. The molecular formula is C21H18F3N3O4. The summed E-state index contributed by atoms with van der Waals surface area (Å²) in [7, 11) is 0. The number of aromatic hydroxyl groups is 1. The summed E-state index contributed by atoms with van der Waals surface area (Å²) in [5.74, 6) is -5.30. The van der Waals surface area contributed by atoms with Crippen LogP contribution in [-0.2, 0) is 13.1 Å². The van der Waals surface area contributed by atoms with Crippen LogP contribution in [0.25, 0.3) is 0 Å². The SMILES string of the molecule is O=C(NCc1c(F)cc(F)cc1F)c1cn2c(c(O)c1=O)C(=O)N1C[C@H]3CC[C@]1(C3)C2. The zero-order valence-corrected chi connectivity index (χ0v) is 16.3. The van der Waals surface area contributed by atoms with E-state index in [1.54, 1.807) is 4.90 Å². The van der Waals surface area contributed by atoms with Gasteiger partial charge < -0.3 is 19.9 Å². The Bertz CT molecular complexity index is 1190. The van der Waals surface area contributed by atoms with Gasteiger partial charge in [-0.15, -0.1) is 0 Å². The molecule has 0 unspecified atom stereocenters. The second kappa shape index (κ2) is 6.60. The second-order valence-corrected chi connectivity index (χ2v) is 8.48. The van der Waals surface area contributed by atoms with E-state index < -0.39 is 58.1 Å². The minimum atomic E-state index is -1.18. The summed E-state index contributed by atoms with van der Waals surface area (Å²) in [6.07, 6.45) is 3.84. The zero-order chi connectivity index (χ0) is 22.1. The lowest BCUT2D eigenvalue weighted by Crippen LogP contribution is -2.55. The third-order valence-corrected chi connectivity index (χ3v) is 6.64. The van der Waals surface area contributed by atoms with Gasteiger partial charge in [-0.05, 0) is 25.2 Å². The molecule has 2 aromatic rings. The van der Waals surface area contributed by atoms with Gasteiger partial charge in [-0.2, -0.15) is 0 Å². The van der Waals surface area contributed by atoms with Crippen LogP contribution in [0.15, 0.2) is 23.1 Å². The van der Waals surface area contributed by atoms with Crippen molar-refractivity contribution < 1.29 is 27.9 Å². The summed E-state index contributed by atoms with van der Waals surface area (Å²) < 4.78 is 42.1. The summed E-state index contributed by atoms with van der Waals surface area (Å²) in [5, 5.41) is 12.6. The number of rotatable bonds is 3. The maximum absolute atomic E-state index is 13.8. The molecule has 1 saturated carbocycles. The summed E-state index contributed by atoms with van der Waals surface area (Å²) >= 11 is 0. The van der Waals surface area contributed by atoms with E-state index in [0.29, 0.717) is 31.1 Å². The molecule has 162 valence electrons. The van der Waals surface area contributed by atoms with Gasteiger partial charge in [0.25, 0.3) is 11.8 Å². The molecule has 2 amide bonds. The number of piperidine rings is 1. The highest BCUT2D eigenvalue weighted by Gasteiger charge is 2.56. The molecule has 1 saturated heterocycles. The fraction of sp³-hybridized carbons (Fsp3) is 0.381. The van der Waals surface area contributed by atoms with E-state index in [4.69, 9.17) is 0 Å². The van der Waals surface area contributed by atoms with Crippen LogP contribution in [-0.4, -0.2) is 38.5 Å². The lowest BCUT2D eigenvalue weighted by molar-refractivity contribution is 0.0397. The van der Waals surface area contributed by atoms with E-state index in [1.165, 1.54) is 10.8 Å². The Hall–Kier alpha value is -3.30. The summed E-state index contributed by atoms with van der Waals surface area (Å²) in [6.45, 7) is 0.306. The van der Waals surface area contributed by atoms with Gasteiger partial charge in [0, 0.05) is 43.5 Å². The van der Waals surface area contributed by atoms with Crippen molar-refractivity contribution >= 4 is 11.8 Å². The number of nitrogens with one attached hydrogen (secondary N) is 1. The summed E-state index contributed by atoms with van der Waals surface area (Å²) in [4.78, 5) is 39.8. The van der Waals surface area contributed by atoms with Gasteiger partial charge in [0.05, 0.1) is 5.54 Å². The largest absolute Gasteiger partial charge is 0.503 e. The molecule has 3 aliphatic rings. The van der Waals surface area contributed by atoms with Crippen LogP contribution < -0.4 is 10.7 Å². The number of pyridine rings is 1. The predicted octanol–water partition coefficient (Wildman–Crippen LogP) is 1.91. The second-order valence-electron chi connectivity index (χ2n) is 8.48. The molecule has 10 heteroatoms. The van der Waals surface area contributed by atoms with Gasteiger partial charge in [0.15, 0.2) is 11.4 Å². The van der Waals surface area contributed by atoms with Crippen molar-refractivity contribution in [2.24, 2.45) is 5.92 Å². The van der Waals surface area contributed by atoms with E-state index in [0.717, 1.165) is 19.3 Å². The number of hydrogen-bond donors (Lipinski definition) is 2. The topological polar surface area (TPSA) is 91.6 Å². The molecule has 1 aromatic carbocycles. The average molecular weight is 433 g/mol. The molecule has 31 heavy (non-hydrogen) atoms. The molecule has 7 nitrogen and oxygen atoms in total. The first kappa shape index (κ1) is 19.7. The molecule has 2 bridgehead atoms. The number of nitrogens with zero attached hydrogens (tertiary/aromatic N) is 2. The zero-order valence-electron chi connectivity index (χ0n) is 16.3.